The first-order chi connectivity index (χ1) is 11.2. The van der Waals surface area contributed by atoms with Crippen molar-refractivity contribution in [1.82, 2.24) is 5.32 Å². The normalized spacial score (nSPS) is 10.3. The number of furan rings is 1. The van der Waals surface area contributed by atoms with E-state index in [2.05, 4.69) is 17.4 Å². The van der Waals surface area contributed by atoms with E-state index in [1.165, 1.54) is 17.2 Å². The molecule has 0 saturated carbocycles. The molecule has 1 amide bonds. The predicted octanol–water partition coefficient (Wildman–Crippen LogP) is 3.04. The van der Waals surface area contributed by atoms with Gasteiger partial charge in [0.05, 0.1) is 6.26 Å². The van der Waals surface area contributed by atoms with Crippen molar-refractivity contribution in [2.75, 3.05) is 18.9 Å². The van der Waals surface area contributed by atoms with Gasteiger partial charge in [-0.15, -0.1) is 11.8 Å². The van der Waals surface area contributed by atoms with Gasteiger partial charge in [0.25, 0.3) is 5.91 Å². The number of amides is 1. The molecule has 0 atom stereocenters. The molecule has 122 valence electrons. The molecule has 1 aromatic heterocycles. The molecule has 0 aliphatic carbocycles. The Kier molecular flexibility index (Phi) is 6.75. The maximum absolute atomic E-state index is 11.7. The van der Waals surface area contributed by atoms with Crippen LogP contribution in [0.3, 0.4) is 0 Å². The van der Waals surface area contributed by atoms with Crippen LogP contribution in [0.5, 0.6) is 0 Å². The Morgan fingerprint density at radius 1 is 1.22 bits per heavy atom. The minimum atomic E-state index is -0.550. The Morgan fingerprint density at radius 2 is 2.00 bits per heavy atom. The number of carbonyl (C=O) groups excluding carboxylic acids is 2. The third-order valence-corrected chi connectivity index (χ3v) is 4.17. The molecule has 1 N–H and O–H groups in total. The molecular formula is C17H19NO4S. The van der Waals surface area contributed by atoms with E-state index in [0.717, 1.165) is 12.2 Å². The van der Waals surface area contributed by atoms with Crippen molar-refractivity contribution in [2.24, 2.45) is 0 Å². The van der Waals surface area contributed by atoms with E-state index in [-0.39, 0.29) is 12.5 Å². The lowest BCUT2D eigenvalue weighted by molar-refractivity contribution is -0.124. The maximum atomic E-state index is 11.7. The van der Waals surface area contributed by atoms with Gasteiger partial charge in [-0.3, -0.25) is 4.79 Å². The summed E-state index contributed by atoms with van der Waals surface area (Å²) in [7, 11) is 0. The minimum Gasteiger partial charge on any atom is -0.469 e. The van der Waals surface area contributed by atoms with Crippen molar-refractivity contribution < 1.29 is 18.7 Å². The average molecular weight is 333 g/mol. The van der Waals surface area contributed by atoms with E-state index in [1.807, 2.05) is 18.2 Å². The van der Waals surface area contributed by atoms with Gasteiger partial charge in [0.1, 0.15) is 11.3 Å². The second kappa shape index (κ2) is 9.05. The predicted molar refractivity (Wildman–Crippen MR) is 88.5 cm³/mol. The third kappa shape index (κ3) is 5.83. The zero-order chi connectivity index (χ0) is 16.5. The molecular weight excluding hydrogens is 314 g/mol. The molecule has 0 saturated heterocycles. The zero-order valence-corrected chi connectivity index (χ0v) is 13.7. The number of rotatable bonds is 8. The molecule has 0 radical (unpaired) electrons. The number of esters is 1. The lowest BCUT2D eigenvalue weighted by Gasteiger charge is -2.06. The Labute approximate surface area is 139 Å². The number of thioether (sulfide) groups is 1. The molecule has 5 nitrogen and oxygen atoms in total. The second-order valence-electron chi connectivity index (χ2n) is 4.83. The van der Waals surface area contributed by atoms with Crippen LogP contribution < -0.4 is 5.32 Å². The molecule has 6 heteroatoms. The second-order valence-corrected chi connectivity index (χ2v) is 6.00. The SMILES string of the molecule is Cc1occc1C(=O)OCC(=O)NCCCSc1ccccc1. The van der Waals surface area contributed by atoms with Gasteiger partial charge in [0, 0.05) is 11.4 Å². The van der Waals surface area contributed by atoms with Gasteiger partial charge < -0.3 is 14.5 Å². The number of carbonyl (C=O) groups is 2. The average Bonchev–Trinajstić information content (AvgIpc) is 2.99. The van der Waals surface area contributed by atoms with E-state index in [0.29, 0.717) is 17.9 Å². The summed E-state index contributed by atoms with van der Waals surface area (Å²) in [6, 6.07) is 11.6. The number of nitrogens with one attached hydrogen (secondary N) is 1. The summed E-state index contributed by atoms with van der Waals surface area (Å²) < 4.78 is 9.96. The molecule has 2 aromatic rings. The summed E-state index contributed by atoms with van der Waals surface area (Å²) in [6.45, 7) is 1.94. The van der Waals surface area contributed by atoms with Crippen molar-refractivity contribution in [3.63, 3.8) is 0 Å². The highest BCUT2D eigenvalue weighted by Crippen LogP contribution is 2.17. The van der Waals surface area contributed by atoms with Gasteiger partial charge in [-0.2, -0.15) is 0 Å². The minimum absolute atomic E-state index is 0.282. The summed E-state index contributed by atoms with van der Waals surface area (Å²) in [4.78, 5) is 24.5. The Morgan fingerprint density at radius 3 is 2.70 bits per heavy atom. The Bertz CT molecular complexity index is 639. The van der Waals surface area contributed by atoms with E-state index >= 15 is 0 Å². The van der Waals surface area contributed by atoms with Crippen LogP contribution in [0.2, 0.25) is 0 Å². The molecule has 0 bridgehead atoms. The first-order valence-electron chi connectivity index (χ1n) is 7.32. The van der Waals surface area contributed by atoms with E-state index in [9.17, 15) is 9.59 Å². The van der Waals surface area contributed by atoms with Gasteiger partial charge in [-0.05, 0) is 37.3 Å². The zero-order valence-electron chi connectivity index (χ0n) is 12.9. The molecule has 1 aromatic carbocycles. The van der Waals surface area contributed by atoms with Crippen LogP contribution in [0.4, 0.5) is 0 Å². The van der Waals surface area contributed by atoms with Crippen molar-refractivity contribution >= 4 is 23.6 Å². The van der Waals surface area contributed by atoms with Crippen LogP contribution >= 0.6 is 11.8 Å². The Hall–Kier alpha value is -2.21. The molecule has 23 heavy (non-hydrogen) atoms. The number of aryl methyl sites for hydroxylation is 1. The lowest BCUT2D eigenvalue weighted by Crippen LogP contribution is -2.29. The number of ether oxygens (including phenoxy) is 1. The summed E-state index contributed by atoms with van der Waals surface area (Å²) in [5.41, 5.74) is 0.345. The van der Waals surface area contributed by atoms with Crippen molar-refractivity contribution in [2.45, 2.75) is 18.2 Å². The van der Waals surface area contributed by atoms with Crippen molar-refractivity contribution in [1.29, 1.82) is 0 Å². The lowest BCUT2D eigenvalue weighted by atomic mass is 10.3. The number of benzene rings is 1. The fourth-order valence-electron chi connectivity index (χ4n) is 1.86. The molecule has 2 rings (SSSR count). The Balaban J connectivity index is 1.57. The smallest absolute Gasteiger partial charge is 0.342 e. The summed E-state index contributed by atoms with van der Waals surface area (Å²) in [5.74, 6) is 0.543. The molecule has 0 fully saturated rings. The standard InChI is InChI=1S/C17H19NO4S/c1-13-15(8-10-21-13)17(20)22-12-16(19)18-9-5-11-23-14-6-3-2-4-7-14/h2-4,6-8,10H,5,9,11-12H2,1H3,(H,18,19). The number of hydrogen-bond donors (Lipinski definition) is 1. The largest absolute Gasteiger partial charge is 0.469 e. The van der Waals surface area contributed by atoms with E-state index < -0.39 is 5.97 Å². The van der Waals surface area contributed by atoms with Crippen LogP contribution in [0.1, 0.15) is 22.5 Å². The summed E-state index contributed by atoms with van der Waals surface area (Å²) in [6.07, 6.45) is 2.26. The molecule has 1 heterocycles. The maximum Gasteiger partial charge on any atom is 0.342 e. The quantitative estimate of drug-likeness (QED) is 0.457. The van der Waals surface area contributed by atoms with Gasteiger partial charge >= 0.3 is 5.97 Å². The van der Waals surface area contributed by atoms with E-state index in [1.54, 1.807) is 18.7 Å². The highest BCUT2D eigenvalue weighted by Gasteiger charge is 2.14. The van der Waals surface area contributed by atoms with Gasteiger partial charge in [0.15, 0.2) is 6.61 Å². The van der Waals surface area contributed by atoms with Crippen LogP contribution in [0, 0.1) is 6.92 Å². The van der Waals surface area contributed by atoms with Crippen molar-refractivity contribution in [3.8, 4) is 0 Å². The molecule has 0 spiro atoms. The van der Waals surface area contributed by atoms with Crippen molar-refractivity contribution in [3.05, 3.63) is 54.0 Å². The summed E-state index contributed by atoms with van der Waals surface area (Å²) in [5, 5.41) is 2.73. The van der Waals surface area contributed by atoms with Crippen LogP contribution in [0.25, 0.3) is 0 Å². The summed E-state index contributed by atoms with van der Waals surface area (Å²) >= 11 is 1.74. The van der Waals surface area contributed by atoms with E-state index in [4.69, 9.17) is 9.15 Å². The number of hydrogen-bond acceptors (Lipinski definition) is 5. The molecule has 0 aliphatic rings. The fraction of sp³-hybridized carbons (Fsp3) is 0.294. The molecule has 0 unspecified atom stereocenters. The first-order valence-corrected chi connectivity index (χ1v) is 8.31. The molecule has 0 aliphatic heterocycles. The monoisotopic (exact) mass is 333 g/mol. The highest BCUT2D eigenvalue weighted by atomic mass is 32.2. The first kappa shape index (κ1) is 17.1. The highest BCUT2D eigenvalue weighted by molar-refractivity contribution is 7.99. The fourth-order valence-corrected chi connectivity index (χ4v) is 2.74. The van der Waals surface area contributed by atoms with Gasteiger partial charge in [-0.25, -0.2) is 4.79 Å². The topological polar surface area (TPSA) is 68.5 Å². The third-order valence-electron chi connectivity index (χ3n) is 3.07. The van der Waals surface area contributed by atoms with Crippen LogP contribution in [-0.4, -0.2) is 30.8 Å². The van der Waals surface area contributed by atoms with Gasteiger partial charge in [0.2, 0.25) is 0 Å². The van der Waals surface area contributed by atoms with Crippen LogP contribution in [-0.2, 0) is 9.53 Å². The van der Waals surface area contributed by atoms with Gasteiger partial charge in [-0.1, -0.05) is 18.2 Å². The van der Waals surface area contributed by atoms with Crippen LogP contribution in [0.15, 0.2) is 52.0 Å².